The number of hydrogen-bond acceptors (Lipinski definition) is 3. The minimum Gasteiger partial charge on any atom is -0.496 e. The maximum Gasteiger partial charge on any atom is 0.317 e. The number of carbonyl (C=O) groups is 1. The number of nitrogens with one attached hydrogen (secondary N) is 1. The standard InChI is InChI=1S/C19H24N2O3S/c1-14-12-21(9-10-25(23)13-14)19(22)20-11-17-16-6-4-3-5-15(16)7-8-18(17)24-2/h3-8,14H,9-13H2,1-2H3,(H,20,22). The normalized spacial score (nSPS) is 21.0. The minimum atomic E-state index is -0.830. The predicted octanol–water partition coefficient (Wildman–Crippen LogP) is 2.76. The zero-order valence-corrected chi connectivity index (χ0v) is 15.5. The fourth-order valence-electron chi connectivity index (χ4n) is 3.28. The van der Waals surface area contributed by atoms with Crippen LogP contribution in [0.4, 0.5) is 4.79 Å². The molecule has 5 nitrogen and oxygen atoms in total. The van der Waals surface area contributed by atoms with E-state index in [0.717, 1.165) is 22.1 Å². The largest absolute Gasteiger partial charge is 0.496 e. The molecule has 0 saturated carbocycles. The molecule has 134 valence electrons. The Morgan fingerprint density at radius 2 is 2.12 bits per heavy atom. The highest BCUT2D eigenvalue weighted by Gasteiger charge is 2.22. The van der Waals surface area contributed by atoms with Crippen LogP contribution in [0.2, 0.25) is 0 Å². The Bertz CT molecular complexity index is 793. The van der Waals surface area contributed by atoms with Gasteiger partial charge in [0.2, 0.25) is 0 Å². The van der Waals surface area contributed by atoms with Gasteiger partial charge < -0.3 is 15.0 Å². The maximum atomic E-state index is 12.6. The number of carbonyl (C=O) groups excluding carboxylic acids is 1. The number of nitrogens with zero attached hydrogens (tertiary/aromatic N) is 1. The van der Waals surface area contributed by atoms with Crippen LogP contribution in [-0.4, -0.2) is 46.8 Å². The first-order valence-corrected chi connectivity index (χ1v) is 9.99. The predicted molar refractivity (Wildman–Crippen MR) is 101 cm³/mol. The van der Waals surface area contributed by atoms with E-state index in [1.165, 1.54) is 0 Å². The van der Waals surface area contributed by atoms with Gasteiger partial charge in [-0.2, -0.15) is 0 Å². The SMILES string of the molecule is COc1ccc2ccccc2c1CNC(=O)N1CCS(=O)CC(C)C1. The fraction of sp³-hybridized carbons (Fsp3) is 0.421. The fourth-order valence-corrected chi connectivity index (χ4v) is 4.61. The lowest BCUT2D eigenvalue weighted by atomic mass is 10.0. The summed E-state index contributed by atoms with van der Waals surface area (Å²) in [4.78, 5) is 14.4. The van der Waals surface area contributed by atoms with Crippen molar-refractivity contribution in [2.24, 2.45) is 5.92 Å². The Balaban J connectivity index is 1.76. The van der Waals surface area contributed by atoms with Crippen molar-refractivity contribution in [1.82, 2.24) is 10.2 Å². The first-order chi connectivity index (χ1) is 12.1. The zero-order chi connectivity index (χ0) is 17.8. The van der Waals surface area contributed by atoms with Crippen molar-refractivity contribution in [3.05, 3.63) is 42.0 Å². The van der Waals surface area contributed by atoms with E-state index < -0.39 is 10.8 Å². The van der Waals surface area contributed by atoms with Crippen LogP contribution in [-0.2, 0) is 17.3 Å². The van der Waals surface area contributed by atoms with Gasteiger partial charge in [0, 0.05) is 47.5 Å². The number of methoxy groups -OCH3 is 1. The van der Waals surface area contributed by atoms with E-state index >= 15 is 0 Å². The van der Waals surface area contributed by atoms with Crippen LogP contribution < -0.4 is 10.1 Å². The number of benzene rings is 2. The molecule has 1 fully saturated rings. The van der Waals surface area contributed by atoms with Crippen molar-refractivity contribution in [3.8, 4) is 5.75 Å². The van der Waals surface area contributed by atoms with Crippen LogP contribution in [0.15, 0.2) is 36.4 Å². The van der Waals surface area contributed by atoms with E-state index in [-0.39, 0.29) is 11.9 Å². The van der Waals surface area contributed by atoms with Crippen molar-refractivity contribution < 1.29 is 13.7 Å². The lowest BCUT2D eigenvalue weighted by molar-refractivity contribution is 0.195. The summed E-state index contributed by atoms with van der Waals surface area (Å²) in [5, 5.41) is 5.20. The monoisotopic (exact) mass is 360 g/mol. The van der Waals surface area contributed by atoms with Gasteiger partial charge in [-0.15, -0.1) is 0 Å². The van der Waals surface area contributed by atoms with Gasteiger partial charge in [-0.3, -0.25) is 4.21 Å². The zero-order valence-electron chi connectivity index (χ0n) is 14.7. The van der Waals surface area contributed by atoms with Crippen molar-refractivity contribution in [3.63, 3.8) is 0 Å². The van der Waals surface area contributed by atoms with Crippen LogP contribution in [0.5, 0.6) is 5.75 Å². The summed E-state index contributed by atoms with van der Waals surface area (Å²) in [7, 11) is 0.810. The van der Waals surface area contributed by atoms with Gasteiger partial charge in [0.05, 0.1) is 7.11 Å². The van der Waals surface area contributed by atoms with E-state index in [9.17, 15) is 9.00 Å². The van der Waals surface area contributed by atoms with Gasteiger partial charge in [0.1, 0.15) is 5.75 Å². The van der Waals surface area contributed by atoms with E-state index in [2.05, 4.69) is 5.32 Å². The number of rotatable bonds is 3. The quantitative estimate of drug-likeness (QED) is 0.916. The van der Waals surface area contributed by atoms with Crippen LogP contribution in [0.3, 0.4) is 0 Å². The molecule has 1 aliphatic heterocycles. The molecule has 6 heteroatoms. The highest BCUT2D eigenvalue weighted by Crippen LogP contribution is 2.27. The van der Waals surface area contributed by atoms with Crippen molar-refractivity contribution in [2.45, 2.75) is 13.5 Å². The van der Waals surface area contributed by atoms with Crippen LogP contribution in [0.25, 0.3) is 10.8 Å². The lowest BCUT2D eigenvalue weighted by Crippen LogP contribution is -2.42. The molecule has 0 aromatic heterocycles. The Labute approximate surface area is 150 Å². The molecular formula is C19H24N2O3S. The smallest absolute Gasteiger partial charge is 0.317 e. The number of urea groups is 1. The molecule has 2 unspecified atom stereocenters. The molecule has 1 N–H and O–H groups in total. The summed E-state index contributed by atoms with van der Waals surface area (Å²) in [6, 6.07) is 11.9. The lowest BCUT2D eigenvalue weighted by Gasteiger charge is -2.23. The third-order valence-corrected chi connectivity index (χ3v) is 6.09. The first-order valence-electron chi connectivity index (χ1n) is 8.51. The highest BCUT2D eigenvalue weighted by molar-refractivity contribution is 7.85. The van der Waals surface area contributed by atoms with Crippen molar-refractivity contribution in [2.75, 3.05) is 31.7 Å². The summed E-state index contributed by atoms with van der Waals surface area (Å²) in [6.45, 7) is 3.62. The van der Waals surface area contributed by atoms with Crippen LogP contribution in [0, 0.1) is 5.92 Å². The van der Waals surface area contributed by atoms with Crippen LogP contribution in [0.1, 0.15) is 12.5 Å². The molecule has 0 spiro atoms. The third kappa shape index (κ3) is 4.12. The molecule has 0 bridgehead atoms. The Hall–Kier alpha value is -2.08. The summed E-state index contributed by atoms with van der Waals surface area (Å²) < 4.78 is 17.3. The van der Waals surface area contributed by atoms with Crippen molar-refractivity contribution in [1.29, 1.82) is 0 Å². The molecule has 2 aromatic rings. The summed E-state index contributed by atoms with van der Waals surface area (Å²) in [6.07, 6.45) is 0. The minimum absolute atomic E-state index is 0.110. The second kappa shape index (κ2) is 7.87. The second-order valence-corrected chi connectivity index (χ2v) is 8.11. The molecule has 3 rings (SSSR count). The Morgan fingerprint density at radius 1 is 1.32 bits per heavy atom. The molecule has 0 aliphatic carbocycles. The summed E-state index contributed by atoms with van der Waals surface area (Å²) in [5.41, 5.74) is 0.973. The highest BCUT2D eigenvalue weighted by atomic mass is 32.2. The molecule has 2 aromatic carbocycles. The summed E-state index contributed by atoms with van der Waals surface area (Å²) in [5.74, 6) is 2.24. The van der Waals surface area contributed by atoms with E-state index in [0.29, 0.717) is 31.1 Å². The number of hydrogen-bond donors (Lipinski definition) is 1. The van der Waals surface area contributed by atoms with Gasteiger partial charge in [0.15, 0.2) is 0 Å². The summed E-state index contributed by atoms with van der Waals surface area (Å²) >= 11 is 0. The Morgan fingerprint density at radius 3 is 2.92 bits per heavy atom. The molecule has 25 heavy (non-hydrogen) atoms. The van der Waals surface area contributed by atoms with Crippen molar-refractivity contribution >= 4 is 27.6 Å². The first kappa shape index (κ1) is 17.7. The molecule has 1 saturated heterocycles. The third-order valence-electron chi connectivity index (χ3n) is 4.51. The number of ether oxygens (including phenoxy) is 1. The second-order valence-electron chi connectivity index (χ2n) is 6.49. The molecule has 1 aliphatic rings. The van der Waals surface area contributed by atoms with E-state index in [1.54, 1.807) is 12.0 Å². The molecular weight excluding hydrogens is 336 g/mol. The number of fused-ring (bicyclic) bond motifs is 1. The van der Waals surface area contributed by atoms with Crippen LogP contribution >= 0.6 is 0 Å². The van der Waals surface area contributed by atoms with Gasteiger partial charge in [-0.05, 0) is 22.8 Å². The topological polar surface area (TPSA) is 58.6 Å². The van der Waals surface area contributed by atoms with E-state index in [4.69, 9.17) is 4.74 Å². The molecule has 0 radical (unpaired) electrons. The number of amides is 2. The average Bonchev–Trinajstić information content (AvgIpc) is 2.79. The van der Waals surface area contributed by atoms with Gasteiger partial charge in [0.25, 0.3) is 0 Å². The molecule has 2 amide bonds. The van der Waals surface area contributed by atoms with Gasteiger partial charge >= 0.3 is 6.03 Å². The average molecular weight is 360 g/mol. The molecule has 1 heterocycles. The van der Waals surface area contributed by atoms with E-state index in [1.807, 2.05) is 43.3 Å². The Kier molecular flexibility index (Phi) is 5.58. The van der Waals surface area contributed by atoms with Gasteiger partial charge in [-0.25, -0.2) is 4.79 Å². The maximum absolute atomic E-state index is 12.6. The van der Waals surface area contributed by atoms with Gasteiger partial charge in [-0.1, -0.05) is 37.3 Å². The molecule has 2 atom stereocenters.